The Kier molecular flexibility index (Phi) is 5.03. The molecule has 1 saturated heterocycles. The maximum atomic E-state index is 10.8. The van der Waals surface area contributed by atoms with Crippen LogP contribution in [-0.2, 0) is 19.0 Å². The van der Waals surface area contributed by atoms with Crippen LogP contribution in [0.2, 0.25) is 0 Å². The van der Waals surface area contributed by atoms with Crippen molar-refractivity contribution in [3.8, 4) is 0 Å². The number of ether oxygens (including phenoxy) is 3. The minimum absolute atomic E-state index is 0.268. The molecule has 0 radical (unpaired) electrons. The van der Waals surface area contributed by atoms with E-state index in [0.717, 1.165) is 6.08 Å². The second-order valence-corrected chi connectivity index (χ2v) is 3.58. The number of aliphatic hydroxyl groups is 3. The minimum Gasteiger partial charge on any atom is -0.460 e. The Morgan fingerprint density at radius 3 is 2.53 bits per heavy atom. The van der Waals surface area contributed by atoms with Gasteiger partial charge in [-0.25, -0.2) is 4.79 Å². The summed E-state index contributed by atoms with van der Waals surface area (Å²) in [6.07, 6.45) is -5.24. The van der Waals surface area contributed by atoms with Crippen molar-refractivity contribution >= 4 is 5.97 Å². The van der Waals surface area contributed by atoms with E-state index >= 15 is 0 Å². The highest BCUT2D eigenvalue weighted by Crippen LogP contribution is 2.21. The van der Waals surface area contributed by atoms with Gasteiger partial charge in [0.25, 0.3) is 0 Å². The molecular formula is C10H16O7. The summed E-state index contributed by atoms with van der Waals surface area (Å²) < 4.78 is 14.6. The maximum absolute atomic E-state index is 10.8. The molecule has 0 aromatic heterocycles. The van der Waals surface area contributed by atoms with Crippen LogP contribution in [0.5, 0.6) is 0 Å². The average Bonchev–Trinajstić information content (AvgIpc) is 2.34. The normalized spacial score (nSPS) is 37.5. The van der Waals surface area contributed by atoms with Crippen LogP contribution in [0.3, 0.4) is 0 Å². The van der Waals surface area contributed by atoms with Crippen LogP contribution >= 0.6 is 0 Å². The smallest absolute Gasteiger partial charge is 0.330 e. The molecule has 17 heavy (non-hydrogen) atoms. The van der Waals surface area contributed by atoms with Crippen molar-refractivity contribution in [1.29, 1.82) is 0 Å². The fourth-order valence-electron chi connectivity index (χ4n) is 1.47. The van der Waals surface area contributed by atoms with E-state index in [4.69, 9.17) is 9.47 Å². The predicted molar refractivity (Wildman–Crippen MR) is 54.8 cm³/mol. The second-order valence-electron chi connectivity index (χ2n) is 3.58. The molecule has 0 bridgehead atoms. The van der Waals surface area contributed by atoms with Crippen LogP contribution < -0.4 is 0 Å². The highest BCUT2D eigenvalue weighted by molar-refractivity contribution is 5.81. The van der Waals surface area contributed by atoms with E-state index in [1.807, 2.05) is 0 Å². The van der Waals surface area contributed by atoms with Gasteiger partial charge < -0.3 is 29.5 Å². The van der Waals surface area contributed by atoms with E-state index in [-0.39, 0.29) is 6.61 Å². The Labute approximate surface area is 98.2 Å². The molecule has 5 unspecified atom stereocenters. The topological polar surface area (TPSA) is 105 Å². The zero-order valence-electron chi connectivity index (χ0n) is 9.35. The van der Waals surface area contributed by atoms with Gasteiger partial charge in [0.05, 0.1) is 0 Å². The third-order valence-corrected chi connectivity index (χ3v) is 2.46. The summed E-state index contributed by atoms with van der Waals surface area (Å²) in [6.45, 7) is 2.94. The first-order valence-electron chi connectivity index (χ1n) is 5.03. The SMILES string of the molecule is C=CC(=O)OCC1OC(OC)C(O)C(O)C1O. The van der Waals surface area contributed by atoms with Gasteiger partial charge in [0.1, 0.15) is 31.0 Å². The van der Waals surface area contributed by atoms with Crippen molar-refractivity contribution in [3.05, 3.63) is 12.7 Å². The number of hydrogen-bond donors (Lipinski definition) is 3. The lowest BCUT2D eigenvalue weighted by Gasteiger charge is -2.39. The zero-order chi connectivity index (χ0) is 13.0. The van der Waals surface area contributed by atoms with E-state index in [2.05, 4.69) is 11.3 Å². The van der Waals surface area contributed by atoms with Gasteiger partial charge in [-0.15, -0.1) is 0 Å². The molecule has 1 aliphatic rings. The van der Waals surface area contributed by atoms with Gasteiger partial charge in [-0.05, 0) is 0 Å². The quantitative estimate of drug-likeness (QED) is 0.397. The van der Waals surface area contributed by atoms with Crippen molar-refractivity contribution in [2.45, 2.75) is 30.7 Å². The van der Waals surface area contributed by atoms with Crippen LogP contribution in [-0.4, -0.2) is 65.7 Å². The number of rotatable bonds is 4. The van der Waals surface area contributed by atoms with Crippen LogP contribution in [0.1, 0.15) is 0 Å². The molecule has 1 aliphatic heterocycles. The summed E-state index contributed by atoms with van der Waals surface area (Å²) in [4.78, 5) is 10.8. The first kappa shape index (κ1) is 14.1. The van der Waals surface area contributed by atoms with E-state index in [0.29, 0.717) is 0 Å². The largest absolute Gasteiger partial charge is 0.460 e. The summed E-state index contributed by atoms with van der Waals surface area (Å²) in [5.74, 6) is -0.671. The molecule has 0 aliphatic carbocycles. The molecule has 5 atom stereocenters. The van der Waals surface area contributed by atoms with Crippen LogP contribution in [0, 0.1) is 0 Å². The predicted octanol–water partition coefficient (Wildman–Crippen LogP) is -1.83. The highest BCUT2D eigenvalue weighted by Gasteiger charge is 2.44. The van der Waals surface area contributed by atoms with Crippen molar-refractivity contribution in [3.63, 3.8) is 0 Å². The Balaban J connectivity index is 2.59. The van der Waals surface area contributed by atoms with Crippen LogP contribution in [0.25, 0.3) is 0 Å². The molecule has 1 fully saturated rings. The van der Waals surface area contributed by atoms with Crippen LogP contribution in [0.4, 0.5) is 0 Å². The molecular weight excluding hydrogens is 232 g/mol. The number of methoxy groups -OCH3 is 1. The minimum atomic E-state index is -1.43. The van der Waals surface area contributed by atoms with Gasteiger partial charge >= 0.3 is 5.97 Å². The van der Waals surface area contributed by atoms with Crippen molar-refractivity contribution in [2.24, 2.45) is 0 Å². The molecule has 3 N–H and O–H groups in total. The molecule has 7 nitrogen and oxygen atoms in total. The first-order chi connectivity index (χ1) is 8.01. The number of aliphatic hydroxyl groups excluding tert-OH is 3. The Bertz CT molecular complexity index is 278. The van der Waals surface area contributed by atoms with Gasteiger partial charge in [-0.1, -0.05) is 6.58 Å². The summed E-state index contributed by atoms with van der Waals surface area (Å²) in [6, 6.07) is 0. The van der Waals surface area contributed by atoms with Crippen molar-refractivity contribution in [2.75, 3.05) is 13.7 Å². The highest BCUT2D eigenvalue weighted by atomic mass is 16.7. The molecule has 0 saturated carbocycles. The monoisotopic (exact) mass is 248 g/mol. The zero-order valence-corrected chi connectivity index (χ0v) is 9.35. The summed E-state index contributed by atoms with van der Waals surface area (Å²) in [7, 11) is 1.28. The Hall–Kier alpha value is -0.990. The third-order valence-electron chi connectivity index (χ3n) is 2.46. The van der Waals surface area contributed by atoms with Crippen molar-refractivity contribution in [1.82, 2.24) is 0 Å². The lowest BCUT2D eigenvalue weighted by Crippen LogP contribution is -2.59. The molecule has 0 spiro atoms. The van der Waals surface area contributed by atoms with Gasteiger partial charge in [-0.3, -0.25) is 0 Å². The molecule has 0 amide bonds. The van der Waals surface area contributed by atoms with Gasteiger partial charge in [-0.2, -0.15) is 0 Å². The van der Waals surface area contributed by atoms with Crippen molar-refractivity contribution < 1.29 is 34.3 Å². The summed E-state index contributed by atoms with van der Waals surface area (Å²) in [5, 5.41) is 28.6. The fourth-order valence-corrected chi connectivity index (χ4v) is 1.47. The van der Waals surface area contributed by atoms with Gasteiger partial charge in [0, 0.05) is 13.2 Å². The molecule has 7 heteroatoms. The van der Waals surface area contributed by atoms with Gasteiger partial charge in [0.15, 0.2) is 6.29 Å². The third kappa shape index (κ3) is 3.24. The number of carbonyl (C=O) groups excluding carboxylic acids is 1. The standard InChI is InChI=1S/C10H16O7/c1-3-6(11)16-4-5-7(12)8(13)9(14)10(15-2)17-5/h3,5,7-10,12-14H,1,4H2,2H3. The molecule has 1 heterocycles. The average molecular weight is 248 g/mol. The van der Waals surface area contributed by atoms with E-state index in [9.17, 15) is 20.1 Å². The number of hydrogen-bond acceptors (Lipinski definition) is 7. The molecule has 1 rings (SSSR count). The lowest BCUT2D eigenvalue weighted by atomic mass is 9.99. The van der Waals surface area contributed by atoms with Crippen LogP contribution in [0.15, 0.2) is 12.7 Å². The van der Waals surface area contributed by atoms with Gasteiger partial charge in [0.2, 0.25) is 0 Å². The lowest BCUT2D eigenvalue weighted by molar-refractivity contribution is -0.294. The molecule has 98 valence electrons. The molecule has 0 aromatic rings. The second kappa shape index (κ2) is 6.08. The van der Waals surface area contributed by atoms with E-state index in [1.165, 1.54) is 7.11 Å². The fraction of sp³-hybridized carbons (Fsp3) is 0.700. The Morgan fingerprint density at radius 1 is 1.35 bits per heavy atom. The number of esters is 1. The van der Waals surface area contributed by atoms with E-state index in [1.54, 1.807) is 0 Å². The summed E-state index contributed by atoms with van der Waals surface area (Å²) in [5.41, 5.74) is 0. The Morgan fingerprint density at radius 2 is 2.00 bits per heavy atom. The first-order valence-corrected chi connectivity index (χ1v) is 5.03. The maximum Gasteiger partial charge on any atom is 0.330 e. The number of carbonyl (C=O) groups is 1. The summed E-state index contributed by atoms with van der Waals surface area (Å²) >= 11 is 0. The van der Waals surface area contributed by atoms with E-state index < -0.39 is 36.7 Å². The molecule has 0 aromatic carbocycles.